The molecular weight excluding hydrogens is 715 g/mol. The van der Waals surface area contributed by atoms with Gasteiger partial charge in [-0.25, -0.2) is 23.9 Å². The number of nitrogen functional groups attached to an aromatic ring is 2. The monoisotopic (exact) mass is 741 g/mol. The number of thiazole rings is 1. The summed E-state index contributed by atoms with van der Waals surface area (Å²) in [5.41, 5.74) is 11.3. The lowest BCUT2D eigenvalue weighted by Gasteiger charge is -2.25. The number of nitrogens with two attached hydrogens (primary N) is 2. The van der Waals surface area contributed by atoms with Gasteiger partial charge in [-0.3, -0.25) is 28.2 Å². The zero-order valence-corrected chi connectivity index (χ0v) is 27.7. The molecule has 2 fully saturated rings. The fraction of sp³-hybridized carbons (Fsp3) is 0.524. The molecule has 9 atom stereocenters. The summed E-state index contributed by atoms with van der Waals surface area (Å²) in [5.74, 6) is -0.895. The first kappa shape index (κ1) is 33.5. The first-order chi connectivity index (χ1) is 21.6. The average Bonchev–Trinajstić information content (AvgIpc) is 3.71. The number of hydrogen-bond donors (Lipinski definition) is 6. The van der Waals surface area contributed by atoms with Crippen LogP contribution in [0.4, 0.5) is 16.2 Å². The van der Waals surface area contributed by atoms with Crippen LogP contribution in [0.5, 0.6) is 0 Å². The van der Waals surface area contributed by atoms with E-state index in [1.807, 2.05) is 0 Å². The van der Waals surface area contributed by atoms with Crippen molar-refractivity contribution in [3.05, 3.63) is 32.7 Å². The number of rotatable bonds is 10. The minimum absolute atomic E-state index is 0.0568. The number of anilines is 2. The predicted octanol–water partition coefficient (Wildman–Crippen LogP) is 0.975. The number of nitrogens with zero attached hydrogens (tertiary/aromatic N) is 6. The molecule has 6 rings (SSSR count). The lowest BCUT2D eigenvalue weighted by molar-refractivity contribution is -0.0508. The molecule has 19 nitrogen and oxygen atoms in total. The second-order valence-electron chi connectivity index (χ2n) is 10.4. The Balaban J connectivity index is 1.20. The van der Waals surface area contributed by atoms with Gasteiger partial charge in [-0.15, -0.1) is 0 Å². The van der Waals surface area contributed by atoms with Crippen molar-refractivity contribution in [3.8, 4) is 0 Å². The molecule has 2 aliphatic rings. The first-order valence-electron chi connectivity index (χ1n) is 13.3. The van der Waals surface area contributed by atoms with Gasteiger partial charge < -0.3 is 39.8 Å². The van der Waals surface area contributed by atoms with Gasteiger partial charge >= 0.3 is 18.4 Å². The number of nitrogens with one attached hydrogen (secondary N) is 1. The second-order valence-corrected chi connectivity index (χ2v) is 16.9. The number of aromatic amines is 1. The highest BCUT2D eigenvalue weighted by Gasteiger charge is 2.46. The second kappa shape index (κ2) is 12.6. The fourth-order valence-corrected chi connectivity index (χ4v) is 8.02. The summed E-state index contributed by atoms with van der Waals surface area (Å²) in [7, 11) is 0. The van der Waals surface area contributed by atoms with Crippen LogP contribution in [-0.2, 0) is 39.4 Å². The van der Waals surface area contributed by atoms with Gasteiger partial charge in [0.2, 0.25) is 5.95 Å². The van der Waals surface area contributed by atoms with Crippen LogP contribution < -0.4 is 21.9 Å². The number of ether oxygens (including phenoxy) is 2. The maximum Gasteiger partial charge on any atom is 0.383 e. The Morgan fingerprint density at radius 3 is 2.70 bits per heavy atom. The van der Waals surface area contributed by atoms with E-state index in [4.69, 9.17) is 46.3 Å². The molecule has 0 aromatic carbocycles. The molecule has 0 spiro atoms. The Hall–Kier alpha value is -2.40. The van der Waals surface area contributed by atoms with E-state index in [2.05, 4.69) is 37.2 Å². The van der Waals surface area contributed by atoms with Gasteiger partial charge in [0, 0.05) is 12.3 Å². The highest BCUT2D eigenvalue weighted by Crippen LogP contribution is 2.52. The molecule has 0 radical (unpaired) electrons. The summed E-state index contributed by atoms with van der Waals surface area (Å²) in [6.45, 7) is -7.64. The van der Waals surface area contributed by atoms with Crippen molar-refractivity contribution in [1.82, 2.24) is 34.1 Å². The average molecular weight is 742 g/mol. The van der Waals surface area contributed by atoms with Gasteiger partial charge in [0.25, 0.3) is 5.56 Å². The van der Waals surface area contributed by atoms with Crippen molar-refractivity contribution in [2.24, 2.45) is 5.92 Å². The maximum atomic E-state index is 15.4. The minimum Gasteiger partial charge on any atom is -0.382 e. The molecule has 0 amide bonds. The number of H-pyrrole nitrogens is 1. The zero-order chi connectivity index (χ0) is 33.1. The van der Waals surface area contributed by atoms with Crippen LogP contribution in [0.2, 0.25) is 0 Å². The fourth-order valence-electron chi connectivity index (χ4n) is 5.17. The SMILES string of the molecule is C[C@@H]1[C@@H](F)[C@H](n2cnc3c(N)ncnc32)O[C@@H]1COP(O)(=S)O[C@@H]1C[C@@H](COP(=O)(O)S)O[C@H]1n1c(=O)sc2c(=O)[nH]c(N)nc21. The molecule has 46 heavy (non-hydrogen) atoms. The molecule has 2 aliphatic heterocycles. The molecule has 4 aromatic rings. The van der Waals surface area contributed by atoms with E-state index in [-0.39, 0.29) is 46.3 Å². The maximum absolute atomic E-state index is 15.4. The van der Waals surface area contributed by atoms with Crippen molar-refractivity contribution in [2.45, 2.75) is 50.3 Å². The molecule has 0 bridgehead atoms. The molecule has 2 saturated heterocycles. The third-order valence-corrected chi connectivity index (χ3v) is 10.7. The Kier molecular flexibility index (Phi) is 9.15. The van der Waals surface area contributed by atoms with Crippen LogP contribution >= 0.6 is 37.1 Å². The summed E-state index contributed by atoms with van der Waals surface area (Å²) < 4.78 is 57.4. The van der Waals surface area contributed by atoms with Crippen LogP contribution in [0.15, 0.2) is 22.2 Å². The molecule has 6 heterocycles. The van der Waals surface area contributed by atoms with E-state index < -0.39 is 73.4 Å². The largest absolute Gasteiger partial charge is 0.383 e. The third-order valence-electron chi connectivity index (χ3n) is 7.33. The molecule has 2 unspecified atom stereocenters. The number of thiol groups is 1. The number of fused-ring (bicyclic) bond motifs is 2. The van der Waals surface area contributed by atoms with Gasteiger partial charge in [0.15, 0.2) is 35.7 Å². The van der Waals surface area contributed by atoms with Crippen LogP contribution in [-0.4, -0.2) is 81.5 Å². The van der Waals surface area contributed by atoms with E-state index in [1.54, 1.807) is 6.92 Å². The van der Waals surface area contributed by atoms with Crippen molar-refractivity contribution in [3.63, 3.8) is 0 Å². The summed E-state index contributed by atoms with van der Waals surface area (Å²) in [5, 5.41) is 0. The number of halogens is 1. The zero-order valence-electron chi connectivity index (χ0n) is 23.4. The molecule has 25 heteroatoms. The van der Waals surface area contributed by atoms with Crippen molar-refractivity contribution >= 4 is 82.2 Å². The summed E-state index contributed by atoms with van der Waals surface area (Å²) in [6, 6.07) is 0. The van der Waals surface area contributed by atoms with Crippen LogP contribution in [0, 0.1) is 5.92 Å². The van der Waals surface area contributed by atoms with E-state index >= 15 is 4.39 Å². The Morgan fingerprint density at radius 1 is 1.20 bits per heavy atom. The molecule has 0 saturated carbocycles. The number of imidazole rings is 1. The topological polar surface area (TPSA) is 267 Å². The Morgan fingerprint density at radius 2 is 1.96 bits per heavy atom. The molecular formula is C21H26FN9O10P2S3. The molecule has 7 N–H and O–H groups in total. The smallest absolute Gasteiger partial charge is 0.382 e. The van der Waals surface area contributed by atoms with Gasteiger partial charge in [0.05, 0.1) is 31.7 Å². The molecule has 4 aromatic heterocycles. The van der Waals surface area contributed by atoms with Crippen molar-refractivity contribution < 1.29 is 41.8 Å². The number of hydrogen-bond acceptors (Lipinski definition) is 16. The molecule has 0 aliphatic carbocycles. The van der Waals surface area contributed by atoms with E-state index in [9.17, 15) is 23.9 Å². The highest BCUT2D eigenvalue weighted by atomic mass is 32.7. The molecule has 250 valence electrons. The van der Waals surface area contributed by atoms with Crippen LogP contribution in [0.25, 0.3) is 21.5 Å². The first-order valence-corrected chi connectivity index (χ1v) is 19.4. The summed E-state index contributed by atoms with van der Waals surface area (Å²) in [4.78, 5) is 63.7. The van der Waals surface area contributed by atoms with Crippen molar-refractivity contribution in [1.29, 1.82) is 0 Å². The normalized spacial score (nSPS) is 29.4. The lowest BCUT2D eigenvalue weighted by atomic mass is 10.0. The van der Waals surface area contributed by atoms with E-state index in [1.165, 1.54) is 17.2 Å². The van der Waals surface area contributed by atoms with Gasteiger partial charge in [-0.05, 0) is 11.8 Å². The van der Waals surface area contributed by atoms with Gasteiger partial charge in [0.1, 0.15) is 22.6 Å². The minimum atomic E-state index is -4.21. The van der Waals surface area contributed by atoms with E-state index in [0.29, 0.717) is 11.3 Å². The van der Waals surface area contributed by atoms with Crippen LogP contribution in [0.1, 0.15) is 25.8 Å². The standard InChI is InChI=1S/C21H26FN9O10P2S3/c1-7-10(40-19(11(7)22)30-6-27-12-14(23)25-5-26-15(12)30)4-38-43(36,45)41-9-2-8(3-37-42(34,35)44)39-18(9)31-16-13(46-21(31)33)17(32)29-20(24)28-16/h5-11,18-19H,2-4H2,1H3,(H,36,45)(H2,23,25,26)(H2,34,35,44)(H3,24,28,29,32)/t7-,8-,9+,10+,11+,18+,19+,43?/m0/s1. The number of alkyl halides is 1. The van der Waals surface area contributed by atoms with Gasteiger partial charge in [-0.2, -0.15) is 4.98 Å². The quantitative estimate of drug-likeness (QED) is 0.0977. The van der Waals surface area contributed by atoms with Crippen LogP contribution in [0.3, 0.4) is 0 Å². The Bertz CT molecular complexity index is 2000. The summed E-state index contributed by atoms with van der Waals surface area (Å²) in [6.07, 6.45) is -4.69. The number of aromatic nitrogens is 7. The van der Waals surface area contributed by atoms with E-state index in [0.717, 1.165) is 4.57 Å². The van der Waals surface area contributed by atoms with Crippen molar-refractivity contribution in [2.75, 3.05) is 24.7 Å². The Labute approximate surface area is 271 Å². The lowest BCUT2D eigenvalue weighted by Crippen LogP contribution is -2.29. The van der Waals surface area contributed by atoms with Gasteiger partial charge in [-0.1, -0.05) is 30.5 Å². The third kappa shape index (κ3) is 6.64. The highest BCUT2D eigenvalue weighted by molar-refractivity contribution is 8.44. The predicted molar refractivity (Wildman–Crippen MR) is 167 cm³/mol. The summed E-state index contributed by atoms with van der Waals surface area (Å²) >= 11 is 9.30.